The van der Waals surface area contributed by atoms with Gasteiger partial charge in [-0.2, -0.15) is 0 Å². The van der Waals surface area contributed by atoms with E-state index in [2.05, 4.69) is 13.8 Å². The Balaban J connectivity index is 1.69. The molecule has 1 aromatic carbocycles. The molecule has 0 aliphatic heterocycles. The predicted octanol–water partition coefficient (Wildman–Crippen LogP) is 3.11. The molecule has 1 N–H and O–H groups in total. The van der Waals surface area contributed by atoms with Crippen molar-refractivity contribution >= 4 is 0 Å². The van der Waals surface area contributed by atoms with Gasteiger partial charge in [-0.25, -0.2) is 0 Å². The van der Waals surface area contributed by atoms with Gasteiger partial charge < -0.3 is 14.6 Å². The minimum atomic E-state index is -0.289. The van der Waals surface area contributed by atoms with Gasteiger partial charge in [-0.3, -0.25) is 0 Å². The third-order valence-electron chi connectivity index (χ3n) is 3.50. The molecule has 19 heavy (non-hydrogen) atoms. The number of hydrogen-bond donors (Lipinski definition) is 1. The normalized spacial score (nSPS) is 17.8. The Labute approximate surface area is 115 Å². The Bertz CT molecular complexity index is 401. The molecule has 1 aliphatic rings. The molecule has 3 nitrogen and oxygen atoms in total. The van der Waals surface area contributed by atoms with Gasteiger partial charge in [-0.15, -0.1) is 0 Å². The average Bonchev–Trinajstić information content (AvgIpc) is 2.75. The molecule has 2 rings (SSSR count). The molecule has 0 heterocycles. The number of aryl methyl sites for hydroxylation is 1. The lowest BCUT2D eigenvalue weighted by atomic mass is 10.1. The van der Waals surface area contributed by atoms with Gasteiger partial charge in [0, 0.05) is 6.61 Å². The van der Waals surface area contributed by atoms with Crippen molar-refractivity contribution in [1.82, 2.24) is 0 Å². The highest BCUT2D eigenvalue weighted by Crippen LogP contribution is 2.33. The van der Waals surface area contributed by atoms with Crippen molar-refractivity contribution < 1.29 is 14.6 Å². The predicted molar refractivity (Wildman–Crippen MR) is 75.5 cm³/mol. The number of ether oxygens (including phenoxy) is 2. The molecular formula is C16H24O3. The van der Waals surface area contributed by atoms with E-state index in [1.165, 1.54) is 5.56 Å². The first-order valence-electron chi connectivity index (χ1n) is 7.18. The summed E-state index contributed by atoms with van der Waals surface area (Å²) in [5, 5.41) is 9.73. The van der Waals surface area contributed by atoms with E-state index < -0.39 is 0 Å². The topological polar surface area (TPSA) is 38.7 Å². The van der Waals surface area contributed by atoms with Crippen LogP contribution in [-0.4, -0.2) is 24.9 Å². The SMILES string of the molecule is CC(C)CCOCCOc1ccc2c(c1)CC[C@H]2O. The van der Waals surface area contributed by atoms with E-state index in [1.807, 2.05) is 18.2 Å². The minimum absolute atomic E-state index is 0.289. The highest BCUT2D eigenvalue weighted by Gasteiger charge is 2.20. The van der Waals surface area contributed by atoms with Gasteiger partial charge in [0.1, 0.15) is 12.4 Å². The Morgan fingerprint density at radius 3 is 2.89 bits per heavy atom. The minimum Gasteiger partial charge on any atom is -0.491 e. The summed E-state index contributed by atoms with van der Waals surface area (Å²) in [6.07, 6.45) is 2.58. The van der Waals surface area contributed by atoms with Crippen LogP contribution in [0.15, 0.2) is 18.2 Å². The van der Waals surface area contributed by atoms with Crippen molar-refractivity contribution in [1.29, 1.82) is 0 Å². The van der Waals surface area contributed by atoms with Crippen molar-refractivity contribution in [2.24, 2.45) is 5.92 Å². The van der Waals surface area contributed by atoms with E-state index in [9.17, 15) is 5.11 Å². The lowest BCUT2D eigenvalue weighted by Crippen LogP contribution is -2.08. The van der Waals surface area contributed by atoms with Crippen LogP contribution in [0.1, 0.15) is 43.9 Å². The molecular weight excluding hydrogens is 240 g/mol. The molecule has 1 aromatic rings. The average molecular weight is 264 g/mol. The van der Waals surface area contributed by atoms with Gasteiger partial charge in [0.15, 0.2) is 0 Å². The van der Waals surface area contributed by atoms with Gasteiger partial charge >= 0.3 is 0 Å². The van der Waals surface area contributed by atoms with Gasteiger partial charge in [-0.1, -0.05) is 19.9 Å². The first-order valence-corrected chi connectivity index (χ1v) is 7.18. The molecule has 1 aliphatic carbocycles. The molecule has 0 saturated carbocycles. The Hall–Kier alpha value is -1.06. The van der Waals surface area contributed by atoms with E-state index in [0.29, 0.717) is 19.1 Å². The molecule has 0 fully saturated rings. The third kappa shape index (κ3) is 4.22. The number of aliphatic hydroxyl groups is 1. The van der Waals surface area contributed by atoms with Crippen molar-refractivity contribution in [3.8, 4) is 5.75 Å². The van der Waals surface area contributed by atoms with Crippen LogP contribution in [0.4, 0.5) is 0 Å². The maximum absolute atomic E-state index is 9.73. The fourth-order valence-corrected chi connectivity index (χ4v) is 2.30. The number of aliphatic hydroxyl groups excluding tert-OH is 1. The van der Waals surface area contributed by atoms with Gasteiger partial charge in [0.2, 0.25) is 0 Å². The second-order valence-corrected chi connectivity index (χ2v) is 5.56. The van der Waals surface area contributed by atoms with E-state index in [-0.39, 0.29) is 6.10 Å². The van der Waals surface area contributed by atoms with Crippen molar-refractivity contribution in [2.75, 3.05) is 19.8 Å². The molecule has 0 spiro atoms. The number of hydrogen-bond acceptors (Lipinski definition) is 3. The fraction of sp³-hybridized carbons (Fsp3) is 0.625. The summed E-state index contributed by atoms with van der Waals surface area (Å²) in [5.74, 6) is 1.56. The second kappa shape index (κ2) is 6.92. The van der Waals surface area contributed by atoms with Crippen molar-refractivity contribution in [3.63, 3.8) is 0 Å². The largest absolute Gasteiger partial charge is 0.491 e. The van der Waals surface area contributed by atoms with Crippen LogP contribution in [0.3, 0.4) is 0 Å². The number of fused-ring (bicyclic) bond motifs is 1. The van der Waals surface area contributed by atoms with Gasteiger partial charge in [0.25, 0.3) is 0 Å². The molecule has 3 heteroatoms. The molecule has 0 unspecified atom stereocenters. The Morgan fingerprint density at radius 2 is 2.11 bits per heavy atom. The zero-order valence-corrected chi connectivity index (χ0v) is 11.9. The fourth-order valence-electron chi connectivity index (χ4n) is 2.30. The zero-order chi connectivity index (χ0) is 13.7. The molecule has 0 bridgehead atoms. The summed E-state index contributed by atoms with van der Waals surface area (Å²) in [7, 11) is 0. The van der Waals surface area contributed by atoms with Crippen LogP contribution in [-0.2, 0) is 11.2 Å². The lowest BCUT2D eigenvalue weighted by Gasteiger charge is -2.10. The van der Waals surface area contributed by atoms with Crippen LogP contribution in [0, 0.1) is 5.92 Å². The van der Waals surface area contributed by atoms with Gasteiger partial charge in [0.05, 0.1) is 12.7 Å². The summed E-state index contributed by atoms with van der Waals surface area (Å²) in [4.78, 5) is 0. The molecule has 106 valence electrons. The first kappa shape index (κ1) is 14.4. The third-order valence-corrected chi connectivity index (χ3v) is 3.50. The number of rotatable bonds is 7. The molecule has 1 atom stereocenters. The van der Waals surface area contributed by atoms with Crippen LogP contribution in [0.2, 0.25) is 0 Å². The second-order valence-electron chi connectivity index (χ2n) is 5.56. The smallest absolute Gasteiger partial charge is 0.119 e. The lowest BCUT2D eigenvalue weighted by molar-refractivity contribution is 0.0925. The maximum atomic E-state index is 9.73. The van der Waals surface area contributed by atoms with Crippen LogP contribution < -0.4 is 4.74 Å². The van der Waals surface area contributed by atoms with Crippen LogP contribution >= 0.6 is 0 Å². The maximum Gasteiger partial charge on any atom is 0.119 e. The van der Waals surface area contributed by atoms with E-state index in [4.69, 9.17) is 9.47 Å². The zero-order valence-electron chi connectivity index (χ0n) is 11.9. The Kier molecular flexibility index (Phi) is 5.23. The van der Waals surface area contributed by atoms with Crippen molar-refractivity contribution in [3.05, 3.63) is 29.3 Å². The summed E-state index contributed by atoms with van der Waals surface area (Å²) in [6, 6.07) is 5.95. The standard InChI is InChI=1S/C16H24O3/c1-12(2)7-8-18-9-10-19-14-4-5-15-13(11-14)3-6-16(15)17/h4-5,11-12,16-17H,3,6-10H2,1-2H3/t16-/m1/s1. The summed E-state index contributed by atoms with van der Waals surface area (Å²) in [6.45, 7) is 6.40. The van der Waals surface area contributed by atoms with Crippen LogP contribution in [0.25, 0.3) is 0 Å². The quantitative estimate of drug-likeness (QED) is 0.769. The van der Waals surface area contributed by atoms with Crippen LogP contribution in [0.5, 0.6) is 5.75 Å². The highest BCUT2D eigenvalue weighted by molar-refractivity contribution is 5.39. The Morgan fingerprint density at radius 1 is 1.26 bits per heavy atom. The van der Waals surface area contributed by atoms with E-state index in [0.717, 1.165) is 37.2 Å². The first-order chi connectivity index (χ1) is 9.16. The van der Waals surface area contributed by atoms with E-state index in [1.54, 1.807) is 0 Å². The highest BCUT2D eigenvalue weighted by atomic mass is 16.5. The monoisotopic (exact) mass is 264 g/mol. The molecule has 0 amide bonds. The summed E-state index contributed by atoms with van der Waals surface area (Å²) >= 11 is 0. The summed E-state index contributed by atoms with van der Waals surface area (Å²) < 4.78 is 11.2. The molecule has 0 aromatic heterocycles. The molecule has 0 radical (unpaired) electrons. The van der Waals surface area contributed by atoms with E-state index >= 15 is 0 Å². The summed E-state index contributed by atoms with van der Waals surface area (Å²) in [5.41, 5.74) is 2.27. The number of benzene rings is 1. The van der Waals surface area contributed by atoms with Gasteiger partial charge in [-0.05, 0) is 48.4 Å². The molecule has 0 saturated heterocycles. The van der Waals surface area contributed by atoms with Crippen molar-refractivity contribution in [2.45, 2.75) is 39.2 Å².